The molecule has 3 rings (SSSR count). The van der Waals surface area contributed by atoms with Crippen molar-refractivity contribution in [1.29, 1.82) is 0 Å². The van der Waals surface area contributed by atoms with Gasteiger partial charge in [0.1, 0.15) is 0 Å². The van der Waals surface area contributed by atoms with Gasteiger partial charge in [-0.25, -0.2) is 4.68 Å². The Morgan fingerprint density at radius 2 is 2.21 bits per heavy atom. The molecule has 2 N–H and O–H groups in total. The van der Waals surface area contributed by atoms with E-state index in [1.54, 1.807) is 0 Å². The Morgan fingerprint density at radius 1 is 1.36 bits per heavy atom. The number of ether oxygens (including phenoxy) is 1. The highest BCUT2D eigenvalue weighted by molar-refractivity contribution is 5.38. The molecule has 2 aliphatic rings. The summed E-state index contributed by atoms with van der Waals surface area (Å²) in [5, 5.41) is 8.08. The third-order valence-corrected chi connectivity index (χ3v) is 2.97. The van der Waals surface area contributed by atoms with Crippen LogP contribution in [0.1, 0.15) is 36.9 Å². The monoisotopic (exact) mass is 194 g/mol. The third kappa shape index (κ3) is 1.19. The van der Waals surface area contributed by atoms with E-state index in [1.165, 1.54) is 12.8 Å². The van der Waals surface area contributed by atoms with Crippen molar-refractivity contribution in [3.8, 4) is 0 Å². The van der Waals surface area contributed by atoms with Gasteiger partial charge in [0, 0.05) is 12.5 Å². The van der Waals surface area contributed by atoms with Crippen molar-refractivity contribution in [2.45, 2.75) is 31.2 Å². The molecular weight excluding hydrogens is 180 g/mol. The van der Waals surface area contributed by atoms with Gasteiger partial charge in [-0.2, -0.15) is 0 Å². The molecule has 0 radical (unpaired) electrons. The van der Waals surface area contributed by atoms with Crippen molar-refractivity contribution < 1.29 is 4.74 Å². The van der Waals surface area contributed by atoms with E-state index < -0.39 is 0 Å². The second-order valence-corrected chi connectivity index (χ2v) is 4.10. The summed E-state index contributed by atoms with van der Waals surface area (Å²) < 4.78 is 7.33. The van der Waals surface area contributed by atoms with Crippen molar-refractivity contribution >= 4 is 5.82 Å². The lowest BCUT2D eigenvalue weighted by Crippen LogP contribution is -2.13. The van der Waals surface area contributed by atoms with Gasteiger partial charge < -0.3 is 10.5 Å². The molecule has 1 aromatic rings. The normalized spacial score (nSPS) is 27.0. The van der Waals surface area contributed by atoms with Gasteiger partial charge >= 0.3 is 0 Å². The molecule has 1 aromatic heterocycles. The molecule has 1 aliphatic heterocycles. The molecule has 2 heterocycles. The van der Waals surface area contributed by atoms with Crippen LogP contribution < -0.4 is 5.73 Å². The zero-order chi connectivity index (χ0) is 9.54. The zero-order valence-electron chi connectivity index (χ0n) is 8.02. The fourth-order valence-corrected chi connectivity index (χ4v) is 2.05. The maximum absolute atomic E-state index is 5.81. The largest absolute Gasteiger partial charge is 0.381 e. The summed E-state index contributed by atoms with van der Waals surface area (Å²) in [5.74, 6) is 1.21. The number of nitrogen functional groups attached to an aromatic ring is 1. The highest BCUT2D eigenvalue weighted by Crippen LogP contribution is 2.43. The molecule has 5 heteroatoms. The van der Waals surface area contributed by atoms with Crippen LogP contribution in [-0.2, 0) is 4.74 Å². The molecule has 1 saturated carbocycles. The minimum atomic E-state index is 0.357. The fourth-order valence-electron chi connectivity index (χ4n) is 2.05. The van der Waals surface area contributed by atoms with Crippen LogP contribution in [0.15, 0.2) is 0 Å². The number of hydrogen-bond donors (Lipinski definition) is 1. The van der Waals surface area contributed by atoms with E-state index in [1.807, 2.05) is 4.68 Å². The van der Waals surface area contributed by atoms with Crippen LogP contribution in [-0.4, -0.2) is 28.2 Å². The van der Waals surface area contributed by atoms with Crippen LogP contribution >= 0.6 is 0 Å². The van der Waals surface area contributed by atoms with Gasteiger partial charge in [-0.3, -0.25) is 0 Å². The van der Waals surface area contributed by atoms with Crippen LogP contribution in [0.3, 0.4) is 0 Å². The van der Waals surface area contributed by atoms with E-state index in [2.05, 4.69) is 10.3 Å². The first-order chi connectivity index (χ1) is 6.86. The van der Waals surface area contributed by atoms with E-state index in [0.717, 1.165) is 25.3 Å². The number of rotatable bonds is 2. The molecule has 1 atom stereocenters. The van der Waals surface area contributed by atoms with Crippen LogP contribution in [0.4, 0.5) is 5.82 Å². The third-order valence-electron chi connectivity index (χ3n) is 2.97. The first kappa shape index (κ1) is 8.23. The van der Waals surface area contributed by atoms with Crippen LogP contribution in [0, 0.1) is 0 Å². The number of nitrogens with two attached hydrogens (primary N) is 1. The quantitative estimate of drug-likeness (QED) is 0.752. The van der Waals surface area contributed by atoms with Crippen LogP contribution in [0.25, 0.3) is 0 Å². The maximum atomic E-state index is 5.81. The Hall–Kier alpha value is -1.10. The van der Waals surface area contributed by atoms with Crippen molar-refractivity contribution in [2.75, 3.05) is 18.9 Å². The zero-order valence-corrected chi connectivity index (χ0v) is 8.02. The summed E-state index contributed by atoms with van der Waals surface area (Å²) in [6.45, 7) is 1.58. The number of aromatic nitrogens is 3. The number of hydrogen-bond acceptors (Lipinski definition) is 4. The summed E-state index contributed by atoms with van der Waals surface area (Å²) in [6, 6.07) is 0.357. The molecule has 5 nitrogen and oxygen atoms in total. The lowest BCUT2D eigenvalue weighted by Gasteiger charge is -2.10. The van der Waals surface area contributed by atoms with Crippen molar-refractivity contribution in [3.05, 3.63) is 5.69 Å². The second-order valence-electron chi connectivity index (χ2n) is 4.10. The van der Waals surface area contributed by atoms with Gasteiger partial charge in [0.15, 0.2) is 5.82 Å². The predicted octanol–water partition coefficient (Wildman–Crippen LogP) is 0.699. The summed E-state index contributed by atoms with van der Waals surface area (Å²) in [4.78, 5) is 0. The van der Waals surface area contributed by atoms with E-state index in [4.69, 9.17) is 10.5 Å². The molecule has 0 amide bonds. The predicted molar refractivity (Wildman–Crippen MR) is 50.9 cm³/mol. The van der Waals surface area contributed by atoms with E-state index in [-0.39, 0.29) is 0 Å². The fraction of sp³-hybridized carbons (Fsp3) is 0.778. The molecular formula is C9H14N4O. The molecule has 0 spiro atoms. The van der Waals surface area contributed by atoms with Gasteiger partial charge in [-0.05, 0) is 19.3 Å². The van der Waals surface area contributed by atoms with Gasteiger partial charge in [0.2, 0.25) is 0 Å². The Bertz CT molecular complexity index is 339. The first-order valence-corrected chi connectivity index (χ1v) is 5.14. The lowest BCUT2D eigenvalue weighted by molar-refractivity contribution is 0.183. The van der Waals surface area contributed by atoms with Gasteiger partial charge in [-0.1, -0.05) is 5.21 Å². The Morgan fingerprint density at radius 3 is 2.86 bits per heavy atom. The standard InChI is InChI=1S/C9H14N4O/c10-9-8(6-1-2-6)13(12-11-9)7-3-4-14-5-7/h6-7H,1-5,10H2. The Labute approximate surface area is 82.2 Å². The van der Waals surface area contributed by atoms with E-state index in [9.17, 15) is 0 Å². The summed E-state index contributed by atoms with van der Waals surface area (Å²) in [7, 11) is 0. The maximum Gasteiger partial charge on any atom is 0.169 e. The number of nitrogens with zero attached hydrogens (tertiary/aromatic N) is 3. The first-order valence-electron chi connectivity index (χ1n) is 5.14. The Balaban J connectivity index is 1.95. The molecule has 1 unspecified atom stereocenters. The highest BCUT2D eigenvalue weighted by Gasteiger charge is 2.33. The van der Waals surface area contributed by atoms with Crippen LogP contribution in [0.5, 0.6) is 0 Å². The summed E-state index contributed by atoms with van der Waals surface area (Å²) in [6.07, 6.45) is 3.48. The molecule has 1 aliphatic carbocycles. The molecule has 76 valence electrons. The van der Waals surface area contributed by atoms with Gasteiger partial charge in [-0.15, -0.1) is 5.10 Å². The summed E-state index contributed by atoms with van der Waals surface area (Å²) in [5.41, 5.74) is 6.95. The minimum Gasteiger partial charge on any atom is -0.381 e. The van der Waals surface area contributed by atoms with Crippen molar-refractivity contribution in [3.63, 3.8) is 0 Å². The minimum absolute atomic E-state index is 0.357. The van der Waals surface area contributed by atoms with E-state index >= 15 is 0 Å². The molecule has 14 heavy (non-hydrogen) atoms. The SMILES string of the molecule is Nc1nnn(C2CCOC2)c1C1CC1. The molecule has 0 bridgehead atoms. The lowest BCUT2D eigenvalue weighted by atomic mass is 10.2. The molecule has 0 aromatic carbocycles. The van der Waals surface area contributed by atoms with Gasteiger partial charge in [0.25, 0.3) is 0 Å². The average Bonchev–Trinajstić information content (AvgIpc) is 2.75. The molecule has 1 saturated heterocycles. The van der Waals surface area contributed by atoms with E-state index in [0.29, 0.717) is 17.8 Å². The smallest absolute Gasteiger partial charge is 0.169 e. The van der Waals surface area contributed by atoms with Crippen LogP contribution in [0.2, 0.25) is 0 Å². The second kappa shape index (κ2) is 2.95. The van der Waals surface area contributed by atoms with Crippen molar-refractivity contribution in [2.24, 2.45) is 0 Å². The highest BCUT2D eigenvalue weighted by atomic mass is 16.5. The van der Waals surface area contributed by atoms with Crippen molar-refractivity contribution in [1.82, 2.24) is 15.0 Å². The van der Waals surface area contributed by atoms with Gasteiger partial charge in [0.05, 0.1) is 18.3 Å². The molecule has 2 fully saturated rings. The topological polar surface area (TPSA) is 66.0 Å². The Kier molecular flexibility index (Phi) is 1.73. The summed E-state index contributed by atoms with van der Waals surface area (Å²) >= 11 is 0. The average molecular weight is 194 g/mol. The number of anilines is 1.